The van der Waals surface area contributed by atoms with Gasteiger partial charge in [-0.25, -0.2) is 15.8 Å². The van der Waals surface area contributed by atoms with Crippen molar-refractivity contribution in [1.82, 2.24) is 20.2 Å². The molecule has 8 nitrogen and oxygen atoms in total. The number of anilines is 1. The number of morpholine rings is 1. The first kappa shape index (κ1) is 15.6. The Hall–Kier alpha value is -1.77. The fourth-order valence-corrected chi connectivity index (χ4v) is 2.32. The van der Waals surface area contributed by atoms with Gasteiger partial charge in [0.05, 0.1) is 19.8 Å². The van der Waals surface area contributed by atoms with E-state index in [0.29, 0.717) is 44.5 Å². The zero-order valence-electron chi connectivity index (χ0n) is 12.4. The summed E-state index contributed by atoms with van der Waals surface area (Å²) in [6, 6.07) is 1.46. The maximum absolute atomic E-state index is 12.1. The van der Waals surface area contributed by atoms with Gasteiger partial charge in [0.25, 0.3) is 0 Å². The number of likely N-dealkylation sites (N-methyl/N-ethyl adjacent to an activating group) is 1. The fraction of sp³-hybridized carbons (Fsp3) is 0.615. The Kier molecular flexibility index (Phi) is 5.43. The first-order chi connectivity index (χ1) is 10.1. The van der Waals surface area contributed by atoms with E-state index in [2.05, 4.69) is 20.7 Å². The van der Waals surface area contributed by atoms with Gasteiger partial charge in [0, 0.05) is 24.8 Å². The number of hydrogen-bond acceptors (Lipinski definition) is 7. The van der Waals surface area contributed by atoms with E-state index in [9.17, 15) is 4.79 Å². The third kappa shape index (κ3) is 4.10. The van der Waals surface area contributed by atoms with Crippen molar-refractivity contribution in [2.75, 3.05) is 31.7 Å². The number of rotatable bonds is 5. The van der Waals surface area contributed by atoms with Gasteiger partial charge in [-0.1, -0.05) is 0 Å². The number of nitrogens with two attached hydrogens (primary N) is 1. The molecule has 1 saturated heterocycles. The summed E-state index contributed by atoms with van der Waals surface area (Å²) in [5.41, 5.74) is 3.36. The highest BCUT2D eigenvalue weighted by atomic mass is 16.5. The van der Waals surface area contributed by atoms with E-state index in [0.717, 1.165) is 5.69 Å². The summed E-state index contributed by atoms with van der Waals surface area (Å²) in [5.74, 6) is 6.58. The van der Waals surface area contributed by atoms with Crippen LogP contribution in [-0.2, 0) is 16.1 Å². The lowest BCUT2D eigenvalue weighted by molar-refractivity contribution is -0.132. The predicted octanol–water partition coefficient (Wildman–Crippen LogP) is -0.592. The molecule has 2 rings (SSSR count). The lowest BCUT2D eigenvalue weighted by atomic mass is 10.2. The van der Waals surface area contributed by atoms with Crippen molar-refractivity contribution in [3.05, 3.63) is 17.6 Å². The average molecular weight is 294 g/mol. The Morgan fingerprint density at radius 2 is 2.38 bits per heavy atom. The molecule has 0 bridgehead atoms. The number of nitrogens with one attached hydrogen (secondary N) is 2. The third-order valence-corrected chi connectivity index (χ3v) is 3.29. The number of aromatic nitrogens is 2. The van der Waals surface area contributed by atoms with Crippen LogP contribution in [0.2, 0.25) is 0 Å². The summed E-state index contributed by atoms with van der Waals surface area (Å²) in [4.78, 5) is 22.8. The Labute approximate surface area is 124 Å². The number of carbonyl (C=O) groups excluding carboxylic acids is 1. The van der Waals surface area contributed by atoms with Crippen LogP contribution in [0.4, 0.5) is 5.82 Å². The highest BCUT2D eigenvalue weighted by Gasteiger charge is 2.29. The number of carbonyl (C=O) groups is 1. The van der Waals surface area contributed by atoms with Gasteiger partial charge in [0.1, 0.15) is 17.7 Å². The average Bonchev–Trinajstić information content (AvgIpc) is 2.47. The molecule has 1 aromatic heterocycles. The molecule has 2 heterocycles. The Balaban J connectivity index is 2.11. The Bertz CT molecular complexity index is 496. The SMILES string of the molecule is CCNC(=O)C1COCCN1Cc1nc(C)cc(NN)n1. The fourth-order valence-electron chi connectivity index (χ4n) is 2.32. The number of hydrogen-bond donors (Lipinski definition) is 3. The van der Waals surface area contributed by atoms with Crippen LogP contribution in [0.15, 0.2) is 6.07 Å². The number of aryl methyl sites for hydroxylation is 1. The van der Waals surface area contributed by atoms with E-state index in [1.54, 1.807) is 6.07 Å². The van der Waals surface area contributed by atoms with Crippen LogP contribution < -0.4 is 16.6 Å². The van der Waals surface area contributed by atoms with Gasteiger partial charge in [0.2, 0.25) is 5.91 Å². The highest BCUT2D eigenvalue weighted by Crippen LogP contribution is 2.12. The van der Waals surface area contributed by atoms with Crippen LogP contribution in [0, 0.1) is 6.92 Å². The highest BCUT2D eigenvalue weighted by molar-refractivity contribution is 5.81. The second-order valence-electron chi connectivity index (χ2n) is 4.91. The lowest BCUT2D eigenvalue weighted by Crippen LogP contribution is -2.53. The van der Waals surface area contributed by atoms with Gasteiger partial charge in [-0.15, -0.1) is 0 Å². The summed E-state index contributed by atoms with van der Waals surface area (Å²) in [5, 5.41) is 2.83. The van der Waals surface area contributed by atoms with Crippen LogP contribution in [-0.4, -0.2) is 53.1 Å². The molecular formula is C13H22N6O2. The Morgan fingerprint density at radius 3 is 3.10 bits per heavy atom. The van der Waals surface area contributed by atoms with Gasteiger partial charge in [0.15, 0.2) is 0 Å². The topological polar surface area (TPSA) is 105 Å². The van der Waals surface area contributed by atoms with E-state index in [1.807, 2.05) is 18.7 Å². The minimum atomic E-state index is -0.308. The maximum atomic E-state index is 12.1. The molecule has 1 unspecified atom stereocenters. The monoisotopic (exact) mass is 294 g/mol. The molecule has 1 aromatic rings. The van der Waals surface area contributed by atoms with Gasteiger partial charge in [-0.2, -0.15) is 0 Å². The van der Waals surface area contributed by atoms with E-state index in [4.69, 9.17) is 10.6 Å². The minimum Gasteiger partial charge on any atom is -0.378 e. The molecule has 0 spiro atoms. The zero-order valence-corrected chi connectivity index (χ0v) is 12.4. The van der Waals surface area contributed by atoms with Crippen molar-refractivity contribution in [3.8, 4) is 0 Å². The quantitative estimate of drug-likeness (QED) is 0.492. The van der Waals surface area contributed by atoms with Crippen LogP contribution in [0.3, 0.4) is 0 Å². The standard InChI is InChI=1S/C13H22N6O2/c1-3-15-13(20)10-8-21-5-4-19(10)7-12-16-9(2)6-11(17-12)18-14/h6,10H,3-5,7-8,14H2,1-2H3,(H,15,20)(H,16,17,18). The predicted molar refractivity (Wildman–Crippen MR) is 78.3 cm³/mol. The molecule has 21 heavy (non-hydrogen) atoms. The molecule has 8 heteroatoms. The summed E-state index contributed by atoms with van der Waals surface area (Å²) < 4.78 is 5.41. The van der Waals surface area contributed by atoms with Gasteiger partial charge in [-0.05, 0) is 13.8 Å². The molecule has 4 N–H and O–H groups in total. The second kappa shape index (κ2) is 7.30. The first-order valence-electron chi connectivity index (χ1n) is 7.04. The van der Waals surface area contributed by atoms with Gasteiger partial charge in [-0.3, -0.25) is 9.69 Å². The number of nitrogens with zero attached hydrogens (tertiary/aromatic N) is 3. The molecular weight excluding hydrogens is 272 g/mol. The summed E-state index contributed by atoms with van der Waals surface area (Å²) in [7, 11) is 0. The van der Waals surface area contributed by atoms with Crippen LogP contribution in [0.5, 0.6) is 0 Å². The maximum Gasteiger partial charge on any atom is 0.239 e. The van der Waals surface area contributed by atoms with E-state index in [1.165, 1.54) is 0 Å². The van der Waals surface area contributed by atoms with E-state index in [-0.39, 0.29) is 11.9 Å². The molecule has 1 atom stereocenters. The van der Waals surface area contributed by atoms with Crippen molar-refractivity contribution < 1.29 is 9.53 Å². The van der Waals surface area contributed by atoms with Crippen molar-refractivity contribution in [2.45, 2.75) is 26.4 Å². The summed E-state index contributed by atoms with van der Waals surface area (Å²) in [6.45, 7) is 6.53. The molecule has 116 valence electrons. The summed E-state index contributed by atoms with van der Waals surface area (Å²) in [6.07, 6.45) is 0. The first-order valence-corrected chi connectivity index (χ1v) is 7.04. The van der Waals surface area contributed by atoms with Crippen LogP contribution >= 0.6 is 0 Å². The van der Waals surface area contributed by atoms with Crippen LogP contribution in [0.1, 0.15) is 18.4 Å². The van der Waals surface area contributed by atoms with E-state index >= 15 is 0 Å². The number of amides is 1. The number of hydrazine groups is 1. The molecule has 1 amide bonds. The molecule has 0 aliphatic carbocycles. The number of ether oxygens (including phenoxy) is 1. The molecule has 1 fully saturated rings. The normalized spacial score (nSPS) is 19.3. The van der Waals surface area contributed by atoms with Crippen molar-refractivity contribution >= 4 is 11.7 Å². The molecule has 1 aliphatic rings. The largest absolute Gasteiger partial charge is 0.378 e. The van der Waals surface area contributed by atoms with Gasteiger partial charge >= 0.3 is 0 Å². The minimum absolute atomic E-state index is 0.0259. The zero-order chi connectivity index (χ0) is 15.2. The van der Waals surface area contributed by atoms with E-state index < -0.39 is 0 Å². The van der Waals surface area contributed by atoms with Crippen LogP contribution in [0.25, 0.3) is 0 Å². The summed E-state index contributed by atoms with van der Waals surface area (Å²) >= 11 is 0. The van der Waals surface area contributed by atoms with Crippen molar-refractivity contribution in [2.24, 2.45) is 5.84 Å². The molecule has 0 aromatic carbocycles. The molecule has 0 radical (unpaired) electrons. The smallest absolute Gasteiger partial charge is 0.239 e. The third-order valence-electron chi connectivity index (χ3n) is 3.29. The van der Waals surface area contributed by atoms with Gasteiger partial charge < -0.3 is 15.5 Å². The van der Waals surface area contributed by atoms with Crippen molar-refractivity contribution in [3.63, 3.8) is 0 Å². The van der Waals surface area contributed by atoms with Crippen molar-refractivity contribution in [1.29, 1.82) is 0 Å². The molecule has 1 aliphatic heterocycles. The number of nitrogen functional groups attached to an aromatic ring is 1. The Morgan fingerprint density at radius 1 is 1.57 bits per heavy atom. The second-order valence-corrected chi connectivity index (χ2v) is 4.91. The molecule has 0 saturated carbocycles. The lowest BCUT2D eigenvalue weighted by Gasteiger charge is -2.33.